The second kappa shape index (κ2) is 33.2. The zero-order valence-corrected chi connectivity index (χ0v) is 45.1. The number of unbranched alkanes of at least 4 members (excludes halogenated alkanes) is 4. The van der Waals surface area contributed by atoms with Gasteiger partial charge in [0.05, 0.1) is 44.1 Å². The van der Waals surface area contributed by atoms with Gasteiger partial charge in [-0.05, 0) is 170 Å². The average Bonchev–Trinajstić information content (AvgIpc) is 3.46. The van der Waals surface area contributed by atoms with Crippen LogP contribution < -0.4 is 85.8 Å². The first-order chi connectivity index (χ1) is 38.0. The Morgan fingerprint density at radius 3 is 1.14 bits per heavy atom. The van der Waals surface area contributed by atoms with Crippen molar-refractivity contribution in [3.8, 4) is 17.2 Å². The fourth-order valence-corrected chi connectivity index (χ4v) is 8.20. The van der Waals surface area contributed by atoms with Crippen molar-refractivity contribution in [2.24, 2.45) is 34.4 Å². The number of nitrogens with two attached hydrogens (primary N) is 6. The summed E-state index contributed by atoms with van der Waals surface area (Å²) < 4.78 is 16.1. The van der Waals surface area contributed by atoms with Crippen LogP contribution in [0.3, 0.4) is 0 Å². The van der Waals surface area contributed by atoms with Crippen LogP contribution in [0.1, 0.15) is 118 Å². The van der Waals surface area contributed by atoms with E-state index in [1.54, 1.807) is 18.2 Å². The van der Waals surface area contributed by atoms with Crippen LogP contribution in [-0.2, 0) is 19.2 Å². The van der Waals surface area contributed by atoms with Gasteiger partial charge in [0, 0.05) is 28.3 Å². The van der Waals surface area contributed by atoms with Gasteiger partial charge >= 0.3 is 0 Å². The van der Waals surface area contributed by atoms with Gasteiger partial charge in [-0.25, -0.2) is 0 Å². The highest BCUT2D eigenvalue weighted by Crippen LogP contribution is 2.27. The molecule has 0 heterocycles. The number of primary amides is 1. The van der Waals surface area contributed by atoms with E-state index in [4.69, 9.17) is 48.6 Å². The molecule has 24 heteroatoms. The molecule has 428 valence electrons. The number of amides is 8. The van der Waals surface area contributed by atoms with E-state index in [0.29, 0.717) is 77.5 Å². The summed E-state index contributed by atoms with van der Waals surface area (Å²) in [4.78, 5) is 108. The minimum atomic E-state index is -1.11. The molecule has 0 bridgehead atoms. The van der Waals surface area contributed by atoms with Crippen molar-refractivity contribution in [1.29, 1.82) is 0 Å². The van der Waals surface area contributed by atoms with Crippen molar-refractivity contribution in [3.63, 3.8) is 0 Å². The van der Waals surface area contributed by atoms with Gasteiger partial charge in [0.2, 0.25) is 23.6 Å². The summed E-state index contributed by atoms with van der Waals surface area (Å²) in [7, 11) is 4.11. The third-order valence-corrected chi connectivity index (χ3v) is 12.6. The molecule has 4 aromatic rings. The maximum absolute atomic E-state index is 14.0. The number of rotatable bonds is 34. The lowest BCUT2D eigenvalue weighted by Gasteiger charge is -2.21. The van der Waals surface area contributed by atoms with E-state index < -0.39 is 71.4 Å². The third-order valence-electron chi connectivity index (χ3n) is 12.6. The maximum atomic E-state index is 14.0. The summed E-state index contributed by atoms with van der Waals surface area (Å²) in [6, 6.07) is 15.2. The smallest absolute Gasteiger partial charge is 0.255 e. The molecule has 0 saturated heterocycles. The molecule has 4 atom stereocenters. The van der Waals surface area contributed by atoms with E-state index in [0.717, 1.165) is 6.42 Å². The topological polar surface area (TPSA) is 405 Å². The number of nitrogens with one attached hydrogen (secondary N) is 7. The Morgan fingerprint density at radius 2 is 0.759 bits per heavy atom. The minimum absolute atomic E-state index is 0.0217. The van der Waals surface area contributed by atoms with Gasteiger partial charge in [0.1, 0.15) is 35.4 Å². The molecule has 0 fully saturated rings. The SMILES string of the molecule is COc1ccc(NC(=O)C(CCCCN)NC(=O)c2cc(NC(=O)[C@H](CCCCN)NC(=O)c3cccc(NC(=O)C(CCCCN)NC(=O)c4cc(NC(=O)[C@@H](N)CCCCN)ccc4OC)c3)ccc2OC)cc1C(N)=O. The molecule has 8 amide bonds. The highest BCUT2D eigenvalue weighted by Gasteiger charge is 2.28. The summed E-state index contributed by atoms with van der Waals surface area (Å²) in [5, 5.41) is 19.3. The standard InChI is InChI=1S/C55H77N13O11/c1-77-45-22-19-35(30-38(45)48(61)69)64-55(76)44(18-7-11-28-59)68-51(72)40-32-37(21-24-47(40)79-3)65-53(74)42(16-5-9-26-57)66-49(70)33-13-12-14-34(29-33)63-54(75)43(17-6-10-27-58)67-50(71)39-31-36(20-23-46(39)78-2)62-52(73)41(60)15-4-8-25-56/h12-14,19-24,29-32,41-44H,4-11,15-18,25-28,56-60H2,1-3H3,(H2,61,69)(H,62,73)(H,63,75)(H,64,76)(H,65,74)(H,66,70)(H,67,71)(H,68,72)/t41-,42-,43?,44?/m0/s1. The molecular weight excluding hydrogens is 1020 g/mol. The van der Waals surface area contributed by atoms with E-state index in [-0.39, 0.29) is 81.5 Å². The second-order valence-electron chi connectivity index (χ2n) is 18.5. The molecule has 2 unspecified atom stereocenters. The lowest BCUT2D eigenvalue weighted by Crippen LogP contribution is -2.44. The van der Waals surface area contributed by atoms with E-state index >= 15 is 0 Å². The Labute approximate surface area is 459 Å². The van der Waals surface area contributed by atoms with Gasteiger partial charge in [-0.1, -0.05) is 12.5 Å². The summed E-state index contributed by atoms with van der Waals surface area (Å²) in [5.74, 6) is -4.52. The predicted molar refractivity (Wildman–Crippen MR) is 302 cm³/mol. The lowest BCUT2D eigenvalue weighted by molar-refractivity contribution is -0.118. The fraction of sp³-hybridized carbons (Fsp3) is 0.418. The molecular formula is C55H77N13O11. The number of benzene rings is 4. The Bertz CT molecular complexity index is 2720. The number of ether oxygens (including phenoxy) is 3. The fourth-order valence-electron chi connectivity index (χ4n) is 8.20. The maximum Gasteiger partial charge on any atom is 0.255 e. The van der Waals surface area contributed by atoms with Gasteiger partial charge in [0.15, 0.2) is 0 Å². The quantitative estimate of drug-likeness (QED) is 0.0299. The van der Waals surface area contributed by atoms with Gasteiger partial charge in [-0.2, -0.15) is 0 Å². The summed E-state index contributed by atoms with van der Waals surface area (Å²) in [6.45, 7) is 1.51. The van der Waals surface area contributed by atoms with Crippen molar-refractivity contribution >= 4 is 70.0 Å². The minimum Gasteiger partial charge on any atom is -0.496 e. The van der Waals surface area contributed by atoms with Crippen LogP contribution in [0.2, 0.25) is 0 Å². The molecule has 4 aromatic carbocycles. The first-order valence-corrected chi connectivity index (χ1v) is 26.2. The molecule has 0 aromatic heterocycles. The van der Waals surface area contributed by atoms with Gasteiger partial charge in [0.25, 0.3) is 23.6 Å². The van der Waals surface area contributed by atoms with Gasteiger partial charge in [-0.3, -0.25) is 38.4 Å². The average molecular weight is 1100 g/mol. The Hall–Kier alpha value is -8.16. The Balaban J connectivity index is 1.50. The van der Waals surface area contributed by atoms with Crippen LogP contribution in [0.4, 0.5) is 22.7 Å². The monoisotopic (exact) mass is 1100 g/mol. The number of carbonyl (C=O) groups is 8. The zero-order valence-electron chi connectivity index (χ0n) is 45.1. The lowest BCUT2D eigenvalue weighted by atomic mass is 10.1. The highest BCUT2D eigenvalue weighted by molar-refractivity contribution is 6.07. The van der Waals surface area contributed by atoms with E-state index in [1.807, 2.05) is 0 Å². The van der Waals surface area contributed by atoms with Crippen LogP contribution in [0, 0.1) is 0 Å². The summed E-state index contributed by atoms with van der Waals surface area (Å²) >= 11 is 0. The molecule has 0 saturated carbocycles. The number of anilines is 4. The molecule has 24 nitrogen and oxygen atoms in total. The molecule has 0 radical (unpaired) electrons. The summed E-state index contributed by atoms with van der Waals surface area (Å²) in [6.07, 6.45) is 5.48. The summed E-state index contributed by atoms with van der Waals surface area (Å²) in [5.41, 5.74) is 35.5. The molecule has 0 aliphatic rings. The normalized spacial score (nSPS) is 12.4. The number of hydrogen-bond donors (Lipinski definition) is 13. The Kier molecular flexibility index (Phi) is 26.6. The molecule has 0 aliphatic heterocycles. The van der Waals surface area contributed by atoms with Crippen LogP contribution in [0.5, 0.6) is 17.2 Å². The van der Waals surface area contributed by atoms with Crippen LogP contribution >= 0.6 is 0 Å². The first-order valence-electron chi connectivity index (χ1n) is 26.2. The molecule has 79 heavy (non-hydrogen) atoms. The van der Waals surface area contributed by atoms with E-state index in [2.05, 4.69) is 37.2 Å². The predicted octanol–water partition coefficient (Wildman–Crippen LogP) is 2.80. The van der Waals surface area contributed by atoms with Crippen molar-refractivity contribution < 1.29 is 52.6 Å². The van der Waals surface area contributed by atoms with Crippen molar-refractivity contribution in [2.75, 3.05) is 68.8 Å². The Morgan fingerprint density at radius 1 is 0.418 bits per heavy atom. The second-order valence-corrected chi connectivity index (χ2v) is 18.5. The number of hydrogen-bond acceptors (Lipinski definition) is 16. The number of methoxy groups -OCH3 is 3. The zero-order chi connectivity index (χ0) is 57.9. The molecule has 0 spiro atoms. The van der Waals surface area contributed by atoms with Crippen LogP contribution in [0.15, 0.2) is 78.9 Å². The van der Waals surface area contributed by atoms with Crippen molar-refractivity contribution in [3.05, 3.63) is 101 Å². The third kappa shape index (κ3) is 20.0. The molecule has 0 aliphatic carbocycles. The highest BCUT2D eigenvalue weighted by atomic mass is 16.5. The van der Waals surface area contributed by atoms with E-state index in [1.165, 1.54) is 82.0 Å². The largest absolute Gasteiger partial charge is 0.496 e. The van der Waals surface area contributed by atoms with Crippen LogP contribution in [-0.4, -0.2) is 119 Å². The van der Waals surface area contributed by atoms with Crippen LogP contribution in [0.25, 0.3) is 0 Å². The van der Waals surface area contributed by atoms with Crippen molar-refractivity contribution in [1.82, 2.24) is 16.0 Å². The van der Waals surface area contributed by atoms with E-state index in [9.17, 15) is 38.4 Å². The molecule has 19 N–H and O–H groups in total. The van der Waals surface area contributed by atoms with Gasteiger partial charge in [-0.15, -0.1) is 0 Å². The van der Waals surface area contributed by atoms with Crippen molar-refractivity contribution in [2.45, 2.75) is 101 Å². The number of carbonyl (C=O) groups excluding carboxylic acids is 8. The first kappa shape index (κ1) is 63.4. The molecule has 4 rings (SSSR count). The van der Waals surface area contributed by atoms with Gasteiger partial charge < -0.3 is 85.8 Å².